The average Bonchev–Trinajstić information content (AvgIpc) is 2.63. The number of ether oxygens (including phenoxy) is 1. The van der Waals surface area contributed by atoms with Crippen LogP contribution in [0.3, 0.4) is 0 Å². The Kier molecular flexibility index (Phi) is 4.84. The van der Waals surface area contributed by atoms with Gasteiger partial charge in [-0.05, 0) is 42.5 Å². The van der Waals surface area contributed by atoms with E-state index in [0.717, 1.165) is 11.4 Å². The van der Waals surface area contributed by atoms with Gasteiger partial charge in [0.1, 0.15) is 23.1 Å². The maximum atomic E-state index is 13.1. The highest BCUT2D eigenvalue weighted by Crippen LogP contribution is 2.18. The van der Waals surface area contributed by atoms with Crippen molar-refractivity contribution in [2.75, 3.05) is 17.7 Å². The first-order chi connectivity index (χ1) is 12.1. The quantitative estimate of drug-likeness (QED) is 0.743. The van der Waals surface area contributed by atoms with Gasteiger partial charge in [-0.25, -0.2) is 14.4 Å². The van der Waals surface area contributed by atoms with Crippen molar-refractivity contribution < 1.29 is 13.9 Å². The molecule has 25 heavy (non-hydrogen) atoms. The third-order valence-corrected chi connectivity index (χ3v) is 3.33. The minimum atomic E-state index is -0.464. The second-order valence-electron chi connectivity index (χ2n) is 5.10. The van der Waals surface area contributed by atoms with Crippen molar-refractivity contribution in [1.82, 2.24) is 9.97 Å². The molecule has 0 aliphatic heterocycles. The summed E-state index contributed by atoms with van der Waals surface area (Å²) in [6.45, 7) is 0. The molecule has 3 rings (SSSR count). The molecule has 2 aromatic carbocycles. The summed E-state index contributed by atoms with van der Waals surface area (Å²) in [4.78, 5) is 20.3. The number of hydrogen-bond donors (Lipinski definition) is 2. The lowest BCUT2D eigenvalue weighted by Gasteiger charge is -2.07. The normalized spacial score (nSPS) is 10.2. The molecule has 6 nitrogen and oxygen atoms in total. The summed E-state index contributed by atoms with van der Waals surface area (Å²) < 4.78 is 18.2. The molecule has 1 amide bonds. The summed E-state index contributed by atoms with van der Waals surface area (Å²) in [6.07, 6.45) is 2.80. The lowest BCUT2D eigenvalue weighted by molar-refractivity contribution is 0.102. The van der Waals surface area contributed by atoms with Crippen LogP contribution in [0.25, 0.3) is 0 Å². The molecule has 0 fully saturated rings. The number of halogens is 1. The van der Waals surface area contributed by atoms with Crippen molar-refractivity contribution in [3.63, 3.8) is 0 Å². The molecular formula is C18H15FN4O2. The van der Waals surface area contributed by atoms with E-state index in [2.05, 4.69) is 20.6 Å². The molecule has 0 bridgehead atoms. The van der Waals surface area contributed by atoms with E-state index in [9.17, 15) is 9.18 Å². The third kappa shape index (κ3) is 4.29. The van der Waals surface area contributed by atoms with Gasteiger partial charge in [0.2, 0.25) is 0 Å². The van der Waals surface area contributed by atoms with Crippen LogP contribution in [0.5, 0.6) is 5.75 Å². The van der Waals surface area contributed by atoms with Gasteiger partial charge in [0, 0.05) is 11.4 Å². The molecule has 0 saturated carbocycles. The van der Waals surface area contributed by atoms with Crippen molar-refractivity contribution in [1.29, 1.82) is 0 Å². The van der Waals surface area contributed by atoms with Gasteiger partial charge in [0.25, 0.3) is 5.91 Å². The molecule has 7 heteroatoms. The second kappa shape index (κ2) is 7.39. The molecule has 0 aliphatic rings. The molecular weight excluding hydrogens is 323 g/mol. The predicted octanol–water partition coefficient (Wildman–Crippen LogP) is 3.62. The van der Waals surface area contributed by atoms with Crippen LogP contribution < -0.4 is 15.4 Å². The fourth-order valence-electron chi connectivity index (χ4n) is 2.09. The van der Waals surface area contributed by atoms with E-state index in [4.69, 9.17) is 4.74 Å². The lowest BCUT2D eigenvalue weighted by Crippen LogP contribution is -2.14. The van der Waals surface area contributed by atoms with Gasteiger partial charge >= 0.3 is 0 Å². The molecule has 0 spiro atoms. The van der Waals surface area contributed by atoms with E-state index in [1.54, 1.807) is 13.2 Å². The maximum absolute atomic E-state index is 13.1. The highest BCUT2D eigenvalue weighted by molar-refractivity contribution is 6.02. The number of rotatable bonds is 5. The topological polar surface area (TPSA) is 76.1 Å². The van der Waals surface area contributed by atoms with Crippen LogP contribution >= 0.6 is 0 Å². The average molecular weight is 338 g/mol. The van der Waals surface area contributed by atoms with Crippen molar-refractivity contribution in [3.8, 4) is 5.75 Å². The zero-order valence-electron chi connectivity index (χ0n) is 13.4. The Morgan fingerprint density at radius 3 is 2.48 bits per heavy atom. The number of anilines is 3. The molecule has 1 aromatic heterocycles. The largest absolute Gasteiger partial charge is 0.497 e. The maximum Gasteiger partial charge on any atom is 0.275 e. The van der Waals surface area contributed by atoms with Gasteiger partial charge in [-0.1, -0.05) is 6.07 Å². The lowest BCUT2D eigenvalue weighted by atomic mass is 10.3. The standard InChI is InChI=1S/C18H15FN4O2/c1-25-15-7-5-13(6-8-15)22-17-11-20-16(10-21-17)18(24)23-14-4-2-3-12(19)9-14/h2-11H,1H3,(H,21,22)(H,23,24). The number of nitrogens with one attached hydrogen (secondary N) is 2. The van der Waals surface area contributed by atoms with Crippen LogP contribution in [-0.2, 0) is 0 Å². The van der Waals surface area contributed by atoms with E-state index in [1.807, 2.05) is 24.3 Å². The third-order valence-electron chi connectivity index (χ3n) is 3.33. The van der Waals surface area contributed by atoms with Crippen LogP contribution in [0.2, 0.25) is 0 Å². The number of methoxy groups -OCH3 is 1. The summed E-state index contributed by atoms with van der Waals surface area (Å²) in [7, 11) is 1.60. The van der Waals surface area contributed by atoms with Gasteiger partial charge in [0.05, 0.1) is 19.5 Å². The summed E-state index contributed by atoms with van der Waals surface area (Å²) in [6, 6.07) is 12.9. The first-order valence-electron chi connectivity index (χ1n) is 7.44. The molecule has 1 heterocycles. The molecule has 0 unspecified atom stereocenters. The molecule has 2 N–H and O–H groups in total. The molecule has 3 aromatic rings. The number of benzene rings is 2. The van der Waals surface area contributed by atoms with Crippen molar-refractivity contribution >= 4 is 23.1 Å². The number of nitrogens with zero attached hydrogens (tertiary/aromatic N) is 2. The van der Waals surface area contributed by atoms with Gasteiger partial charge in [0.15, 0.2) is 0 Å². The van der Waals surface area contributed by atoms with E-state index in [-0.39, 0.29) is 5.69 Å². The Hall–Kier alpha value is -3.48. The van der Waals surface area contributed by atoms with Gasteiger partial charge < -0.3 is 15.4 Å². The summed E-state index contributed by atoms with van der Waals surface area (Å²) >= 11 is 0. The minimum Gasteiger partial charge on any atom is -0.497 e. The Bertz CT molecular complexity index is 867. The van der Waals surface area contributed by atoms with E-state index in [1.165, 1.54) is 30.6 Å². The molecule has 0 atom stereocenters. The van der Waals surface area contributed by atoms with Crippen molar-refractivity contribution in [2.24, 2.45) is 0 Å². The second-order valence-corrected chi connectivity index (χ2v) is 5.10. The van der Waals surface area contributed by atoms with Crippen LogP contribution in [-0.4, -0.2) is 23.0 Å². The zero-order valence-corrected chi connectivity index (χ0v) is 13.4. The van der Waals surface area contributed by atoms with E-state index < -0.39 is 11.7 Å². The van der Waals surface area contributed by atoms with E-state index in [0.29, 0.717) is 11.5 Å². The fourth-order valence-corrected chi connectivity index (χ4v) is 2.09. The summed E-state index contributed by atoms with van der Waals surface area (Å²) in [5.41, 5.74) is 1.30. The molecule has 126 valence electrons. The fraction of sp³-hybridized carbons (Fsp3) is 0.0556. The number of amides is 1. The summed E-state index contributed by atoms with van der Waals surface area (Å²) in [5.74, 6) is 0.352. The molecule has 0 aliphatic carbocycles. The monoisotopic (exact) mass is 338 g/mol. The van der Waals surface area contributed by atoms with Crippen LogP contribution in [0.1, 0.15) is 10.5 Å². The zero-order chi connectivity index (χ0) is 17.6. The molecule has 0 radical (unpaired) electrons. The number of hydrogen-bond acceptors (Lipinski definition) is 5. The first kappa shape index (κ1) is 16.4. The van der Waals surface area contributed by atoms with Crippen molar-refractivity contribution in [2.45, 2.75) is 0 Å². The van der Waals surface area contributed by atoms with Crippen molar-refractivity contribution in [3.05, 3.63) is 72.4 Å². The minimum absolute atomic E-state index is 0.129. The van der Waals surface area contributed by atoms with Gasteiger partial charge in [-0.2, -0.15) is 0 Å². The highest BCUT2D eigenvalue weighted by atomic mass is 19.1. The smallest absolute Gasteiger partial charge is 0.275 e. The van der Waals surface area contributed by atoms with Crippen LogP contribution in [0.15, 0.2) is 60.9 Å². The number of aromatic nitrogens is 2. The van der Waals surface area contributed by atoms with Crippen LogP contribution in [0.4, 0.5) is 21.6 Å². The Labute approximate surface area is 143 Å². The first-order valence-corrected chi connectivity index (χ1v) is 7.44. The Morgan fingerprint density at radius 1 is 1.04 bits per heavy atom. The Morgan fingerprint density at radius 2 is 1.84 bits per heavy atom. The summed E-state index contributed by atoms with van der Waals surface area (Å²) in [5, 5.41) is 5.63. The van der Waals surface area contributed by atoms with Gasteiger partial charge in [-0.15, -0.1) is 0 Å². The van der Waals surface area contributed by atoms with Gasteiger partial charge in [-0.3, -0.25) is 4.79 Å². The predicted molar refractivity (Wildman–Crippen MR) is 92.7 cm³/mol. The number of carbonyl (C=O) groups excluding carboxylic acids is 1. The SMILES string of the molecule is COc1ccc(Nc2cnc(C(=O)Nc3cccc(F)c3)cn2)cc1. The Balaban J connectivity index is 1.65. The highest BCUT2D eigenvalue weighted by Gasteiger charge is 2.09. The van der Waals surface area contributed by atoms with Crippen LogP contribution in [0, 0.1) is 5.82 Å². The van der Waals surface area contributed by atoms with E-state index >= 15 is 0 Å². The molecule has 0 saturated heterocycles. The number of carbonyl (C=O) groups is 1.